The number of nitrogens with one attached hydrogen (secondary N) is 3. The van der Waals surface area contributed by atoms with E-state index in [-0.39, 0.29) is 50.1 Å². The second kappa shape index (κ2) is 10.2. The van der Waals surface area contributed by atoms with Gasteiger partial charge < -0.3 is 25.6 Å². The third kappa shape index (κ3) is 5.70. The van der Waals surface area contributed by atoms with Crippen LogP contribution in [0.15, 0.2) is 48.5 Å². The van der Waals surface area contributed by atoms with Crippen molar-refractivity contribution < 1.29 is 27.5 Å². The molecule has 35 heavy (non-hydrogen) atoms. The highest BCUT2D eigenvalue weighted by Crippen LogP contribution is 2.42. The van der Waals surface area contributed by atoms with Crippen molar-refractivity contribution >= 4 is 28.9 Å². The summed E-state index contributed by atoms with van der Waals surface area (Å²) in [5.74, 6) is -0.548. The fraction of sp³-hybridized carbons (Fsp3) is 0.440. The lowest BCUT2D eigenvalue weighted by molar-refractivity contribution is -0.276. The molecule has 188 valence electrons. The highest BCUT2D eigenvalue weighted by molar-refractivity contribution is 5.89. The van der Waals surface area contributed by atoms with Crippen LogP contribution in [0.5, 0.6) is 0 Å². The average Bonchev–Trinajstić information content (AvgIpc) is 3.29. The minimum absolute atomic E-state index is 0.0980. The largest absolute Gasteiger partial charge is 0.417 e. The van der Waals surface area contributed by atoms with Gasteiger partial charge in [-0.25, -0.2) is 0 Å². The normalized spacial score (nSPS) is 19.8. The Balaban J connectivity index is 1.27. The molecule has 2 aromatic carbocycles. The number of carbonyl (C=O) groups excluding carboxylic acids is 2. The number of methoxy groups -OCH3 is 1. The maximum absolute atomic E-state index is 13.4. The first-order valence-corrected chi connectivity index (χ1v) is 11.6. The zero-order chi connectivity index (χ0) is 25.1. The van der Waals surface area contributed by atoms with E-state index in [0.29, 0.717) is 13.1 Å². The first-order chi connectivity index (χ1) is 16.7. The topological polar surface area (TPSA) is 82.7 Å². The van der Waals surface area contributed by atoms with E-state index in [2.05, 4.69) is 16.0 Å². The lowest BCUT2D eigenvalue weighted by Gasteiger charge is -2.42. The molecule has 3 N–H and O–H groups in total. The number of hydrogen-bond acceptors (Lipinski definition) is 5. The number of piperidine rings is 1. The lowest BCUT2D eigenvalue weighted by Crippen LogP contribution is -2.54. The fourth-order valence-corrected chi connectivity index (χ4v) is 4.48. The third-order valence-electron chi connectivity index (χ3n) is 6.77. The van der Waals surface area contributed by atoms with Crippen LogP contribution in [-0.4, -0.2) is 50.3 Å². The molecule has 2 saturated heterocycles. The second-order valence-electron chi connectivity index (χ2n) is 8.97. The van der Waals surface area contributed by atoms with Gasteiger partial charge in [0.15, 0.2) is 5.60 Å². The summed E-state index contributed by atoms with van der Waals surface area (Å²) in [5, 5.41) is 8.81. The summed E-state index contributed by atoms with van der Waals surface area (Å²) in [4.78, 5) is 25.3. The number of carbonyl (C=O) groups is 2. The number of hydrogen-bond donors (Lipinski definition) is 3. The number of nitrogens with zero attached hydrogens (tertiary/aromatic N) is 1. The van der Waals surface area contributed by atoms with E-state index in [0.717, 1.165) is 29.7 Å². The SMILES string of the molecule is COC1(C(F)(F)F)CCN(c2ccc(Nc3ccc(CNC(=O)C4CNC(=O)C4)cc3)cc2)CC1. The number of amides is 2. The Kier molecular flexibility index (Phi) is 7.20. The van der Waals surface area contributed by atoms with Gasteiger partial charge in [0.2, 0.25) is 11.8 Å². The Morgan fingerprint density at radius 3 is 2.20 bits per heavy atom. The summed E-state index contributed by atoms with van der Waals surface area (Å²) in [6.45, 7) is 1.30. The summed E-state index contributed by atoms with van der Waals surface area (Å²) < 4.78 is 45.0. The Morgan fingerprint density at radius 1 is 1.09 bits per heavy atom. The van der Waals surface area contributed by atoms with E-state index in [9.17, 15) is 22.8 Å². The van der Waals surface area contributed by atoms with E-state index in [1.807, 2.05) is 53.4 Å². The van der Waals surface area contributed by atoms with Crippen molar-refractivity contribution in [3.8, 4) is 0 Å². The lowest BCUT2D eigenvalue weighted by atomic mass is 9.90. The van der Waals surface area contributed by atoms with Crippen molar-refractivity contribution in [2.24, 2.45) is 5.92 Å². The molecule has 4 rings (SSSR count). The molecule has 2 heterocycles. The number of ether oxygens (including phenoxy) is 1. The Bertz CT molecular complexity index is 1030. The molecule has 2 aromatic rings. The van der Waals surface area contributed by atoms with Gasteiger partial charge >= 0.3 is 6.18 Å². The minimum Gasteiger partial charge on any atom is -0.371 e. The Labute approximate surface area is 202 Å². The fourth-order valence-electron chi connectivity index (χ4n) is 4.48. The molecule has 0 bridgehead atoms. The van der Waals surface area contributed by atoms with Crippen LogP contribution in [0.25, 0.3) is 0 Å². The number of alkyl halides is 3. The molecule has 2 aliphatic rings. The highest BCUT2D eigenvalue weighted by Gasteiger charge is 2.56. The molecule has 1 unspecified atom stereocenters. The molecular weight excluding hydrogens is 461 g/mol. The van der Waals surface area contributed by atoms with Gasteiger partial charge in [0, 0.05) is 69.6 Å². The van der Waals surface area contributed by atoms with Gasteiger partial charge in [-0.2, -0.15) is 13.2 Å². The van der Waals surface area contributed by atoms with Crippen LogP contribution >= 0.6 is 0 Å². The van der Waals surface area contributed by atoms with E-state index < -0.39 is 11.8 Å². The Hall–Kier alpha value is -3.27. The number of anilines is 3. The number of rotatable bonds is 7. The number of halogens is 3. The van der Waals surface area contributed by atoms with Gasteiger partial charge in [0.1, 0.15) is 0 Å². The Morgan fingerprint density at radius 2 is 1.69 bits per heavy atom. The first-order valence-electron chi connectivity index (χ1n) is 11.6. The molecule has 10 heteroatoms. The molecule has 0 aromatic heterocycles. The standard InChI is InChI=1S/C25H29F3N4O3/c1-35-24(25(26,27)28)10-12-32(13-11-24)21-8-6-20(7-9-21)31-19-4-2-17(3-5-19)15-30-23(34)18-14-22(33)29-16-18/h2-9,18,31H,10-16H2,1H3,(H,29,33)(H,30,34). The van der Waals surface area contributed by atoms with Crippen LogP contribution in [0, 0.1) is 5.92 Å². The van der Waals surface area contributed by atoms with Crippen LogP contribution in [0.3, 0.4) is 0 Å². The second-order valence-corrected chi connectivity index (χ2v) is 8.97. The van der Waals surface area contributed by atoms with E-state index in [4.69, 9.17) is 4.74 Å². The summed E-state index contributed by atoms with van der Waals surface area (Å²) in [6, 6.07) is 15.2. The zero-order valence-corrected chi connectivity index (χ0v) is 19.5. The molecule has 2 aliphatic heterocycles. The van der Waals surface area contributed by atoms with Crippen molar-refractivity contribution in [1.82, 2.24) is 10.6 Å². The van der Waals surface area contributed by atoms with E-state index in [1.54, 1.807) is 0 Å². The van der Waals surface area contributed by atoms with Crippen LogP contribution < -0.4 is 20.9 Å². The molecule has 2 fully saturated rings. The third-order valence-corrected chi connectivity index (χ3v) is 6.77. The zero-order valence-electron chi connectivity index (χ0n) is 19.5. The first kappa shape index (κ1) is 24.8. The monoisotopic (exact) mass is 490 g/mol. The maximum atomic E-state index is 13.4. The van der Waals surface area contributed by atoms with Gasteiger partial charge in [-0.15, -0.1) is 0 Å². The van der Waals surface area contributed by atoms with Crippen molar-refractivity contribution in [2.45, 2.75) is 37.6 Å². The molecule has 2 amide bonds. The molecule has 0 radical (unpaired) electrons. The van der Waals surface area contributed by atoms with Gasteiger partial charge in [-0.05, 0) is 42.0 Å². The van der Waals surface area contributed by atoms with Crippen molar-refractivity contribution in [2.75, 3.05) is 37.0 Å². The minimum atomic E-state index is -4.38. The molecule has 0 spiro atoms. The molecule has 7 nitrogen and oxygen atoms in total. The van der Waals surface area contributed by atoms with Gasteiger partial charge in [0.25, 0.3) is 0 Å². The van der Waals surface area contributed by atoms with Crippen LogP contribution in [0.4, 0.5) is 30.2 Å². The molecule has 1 atom stereocenters. The van der Waals surface area contributed by atoms with E-state index >= 15 is 0 Å². The molecule has 0 aliphatic carbocycles. The maximum Gasteiger partial charge on any atom is 0.417 e. The van der Waals surface area contributed by atoms with Gasteiger partial charge in [0.05, 0.1) is 5.92 Å². The van der Waals surface area contributed by atoms with Crippen LogP contribution in [0.1, 0.15) is 24.8 Å². The average molecular weight is 491 g/mol. The highest BCUT2D eigenvalue weighted by atomic mass is 19.4. The summed E-state index contributed by atoms with van der Waals surface area (Å²) >= 11 is 0. The van der Waals surface area contributed by atoms with Crippen LogP contribution in [-0.2, 0) is 20.9 Å². The van der Waals surface area contributed by atoms with Crippen molar-refractivity contribution in [3.05, 3.63) is 54.1 Å². The summed E-state index contributed by atoms with van der Waals surface area (Å²) in [6.07, 6.45) is -4.35. The number of benzene rings is 2. The summed E-state index contributed by atoms with van der Waals surface area (Å²) in [7, 11) is 1.13. The van der Waals surface area contributed by atoms with E-state index in [1.165, 1.54) is 0 Å². The molecule has 0 saturated carbocycles. The smallest absolute Gasteiger partial charge is 0.371 e. The molecular formula is C25H29F3N4O3. The van der Waals surface area contributed by atoms with Crippen LogP contribution in [0.2, 0.25) is 0 Å². The van der Waals surface area contributed by atoms with Crippen molar-refractivity contribution in [3.63, 3.8) is 0 Å². The quantitative estimate of drug-likeness (QED) is 0.551. The van der Waals surface area contributed by atoms with Crippen molar-refractivity contribution in [1.29, 1.82) is 0 Å². The van der Waals surface area contributed by atoms with Gasteiger partial charge in [-0.3, -0.25) is 9.59 Å². The summed E-state index contributed by atoms with van der Waals surface area (Å²) in [5.41, 5.74) is 1.46. The predicted octanol–water partition coefficient (Wildman–Crippen LogP) is 3.73. The van der Waals surface area contributed by atoms with Gasteiger partial charge in [-0.1, -0.05) is 12.1 Å². The predicted molar refractivity (Wildman–Crippen MR) is 126 cm³/mol.